The number of likely N-dealkylation sites (N-methyl/N-ethyl adjacent to an activating group) is 1. The van der Waals surface area contributed by atoms with Gasteiger partial charge in [0.25, 0.3) is 0 Å². The quantitative estimate of drug-likeness (QED) is 0.864. The molecule has 0 saturated carbocycles. The minimum Gasteiger partial charge on any atom is -0.308 e. The van der Waals surface area contributed by atoms with Crippen LogP contribution in [0.3, 0.4) is 0 Å². The van der Waals surface area contributed by atoms with E-state index < -0.39 is 0 Å². The van der Waals surface area contributed by atoms with Gasteiger partial charge in [-0.2, -0.15) is 0 Å². The molecule has 0 bridgehead atoms. The van der Waals surface area contributed by atoms with Gasteiger partial charge in [0, 0.05) is 23.5 Å². The van der Waals surface area contributed by atoms with Crippen LogP contribution in [0.4, 0.5) is 0 Å². The van der Waals surface area contributed by atoms with Crippen molar-refractivity contribution in [3.05, 3.63) is 58.3 Å². The van der Waals surface area contributed by atoms with Gasteiger partial charge in [-0.05, 0) is 38.0 Å². The molecule has 0 spiro atoms. The van der Waals surface area contributed by atoms with Gasteiger partial charge in [0.05, 0.1) is 0 Å². The first-order valence-corrected chi connectivity index (χ1v) is 7.54. The molecule has 2 unspecified atom stereocenters. The van der Waals surface area contributed by atoms with Crippen LogP contribution in [-0.2, 0) is 0 Å². The van der Waals surface area contributed by atoms with Crippen LogP contribution < -0.4 is 5.32 Å². The minimum absolute atomic E-state index is 0.406. The van der Waals surface area contributed by atoms with Gasteiger partial charge in [-0.3, -0.25) is 0 Å². The number of nitrogens with zero attached hydrogens (tertiary/aromatic N) is 1. The van der Waals surface area contributed by atoms with E-state index in [4.69, 9.17) is 0 Å². The van der Waals surface area contributed by atoms with Gasteiger partial charge in [0.1, 0.15) is 0 Å². The molecule has 0 saturated heterocycles. The van der Waals surface area contributed by atoms with Crippen molar-refractivity contribution in [2.45, 2.75) is 19.0 Å². The molecule has 1 N–H and O–H groups in total. The number of hydrogen-bond donors (Lipinski definition) is 1. The second-order valence-corrected chi connectivity index (χ2v) is 6.01. The fourth-order valence-electron chi connectivity index (χ4n) is 2.20. The van der Waals surface area contributed by atoms with Crippen LogP contribution in [-0.4, -0.2) is 25.5 Å². The van der Waals surface area contributed by atoms with Gasteiger partial charge in [-0.25, -0.2) is 0 Å². The van der Waals surface area contributed by atoms with E-state index in [9.17, 15) is 0 Å². The molecule has 2 aromatic rings. The third-order valence-electron chi connectivity index (χ3n) is 3.40. The molecule has 1 aromatic heterocycles. The van der Waals surface area contributed by atoms with Crippen LogP contribution >= 0.6 is 11.3 Å². The average Bonchev–Trinajstić information content (AvgIpc) is 2.93. The highest BCUT2D eigenvalue weighted by Gasteiger charge is 2.15. The predicted molar refractivity (Wildman–Crippen MR) is 83.6 cm³/mol. The van der Waals surface area contributed by atoms with Crippen LogP contribution in [0.5, 0.6) is 0 Å². The van der Waals surface area contributed by atoms with Gasteiger partial charge in [-0.15, -0.1) is 11.3 Å². The van der Waals surface area contributed by atoms with Gasteiger partial charge in [0.15, 0.2) is 0 Å². The number of rotatable bonds is 6. The first-order valence-electron chi connectivity index (χ1n) is 6.66. The summed E-state index contributed by atoms with van der Waals surface area (Å²) in [6.07, 6.45) is 0. The summed E-state index contributed by atoms with van der Waals surface area (Å²) < 4.78 is 0. The molecule has 0 amide bonds. The van der Waals surface area contributed by atoms with Gasteiger partial charge < -0.3 is 10.2 Å². The summed E-state index contributed by atoms with van der Waals surface area (Å²) in [5, 5.41) is 5.77. The Morgan fingerprint density at radius 2 is 1.84 bits per heavy atom. The summed E-state index contributed by atoms with van der Waals surface area (Å²) in [7, 11) is 4.27. The topological polar surface area (TPSA) is 15.3 Å². The standard InChI is InChI=1S/C16H22N2S/c1-13(16-10-7-11-19-16)17-12-15(18(2)3)14-8-5-4-6-9-14/h4-11,13,15,17H,12H2,1-3H3. The number of hydrogen-bond acceptors (Lipinski definition) is 3. The van der Waals surface area contributed by atoms with Crippen molar-refractivity contribution >= 4 is 11.3 Å². The summed E-state index contributed by atoms with van der Waals surface area (Å²) in [5.41, 5.74) is 1.36. The van der Waals surface area contributed by atoms with E-state index in [0.717, 1.165) is 6.54 Å². The molecule has 1 heterocycles. The normalized spacial score (nSPS) is 14.5. The molecule has 2 rings (SSSR count). The van der Waals surface area contributed by atoms with Crippen molar-refractivity contribution in [2.75, 3.05) is 20.6 Å². The monoisotopic (exact) mass is 274 g/mol. The Bertz CT molecular complexity index is 465. The highest BCUT2D eigenvalue weighted by molar-refractivity contribution is 7.10. The summed E-state index contributed by atoms with van der Waals surface area (Å²) in [6.45, 7) is 3.18. The third kappa shape index (κ3) is 3.90. The average molecular weight is 274 g/mol. The molecule has 2 atom stereocenters. The van der Waals surface area contributed by atoms with Crippen LogP contribution in [0, 0.1) is 0 Å². The van der Waals surface area contributed by atoms with Gasteiger partial charge in [0.2, 0.25) is 0 Å². The molecular weight excluding hydrogens is 252 g/mol. The zero-order valence-corrected chi connectivity index (χ0v) is 12.7. The Morgan fingerprint density at radius 3 is 2.42 bits per heavy atom. The summed E-state index contributed by atoms with van der Waals surface area (Å²) in [5.74, 6) is 0. The lowest BCUT2D eigenvalue weighted by atomic mass is 10.1. The molecule has 102 valence electrons. The highest BCUT2D eigenvalue weighted by Crippen LogP contribution is 2.21. The maximum Gasteiger partial charge on any atom is 0.0467 e. The predicted octanol–water partition coefficient (Wildman–Crippen LogP) is 3.70. The molecule has 0 aliphatic carbocycles. The van der Waals surface area contributed by atoms with Crippen molar-refractivity contribution in [3.63, 3.8) is 0 Å². The number of nitrogens with one attached hydrogen (secondary N) is 1. The largest absolute Gasteiger partial charge is 0.308 e. The molecule has 0 radical (unpaired) electrons. The minimum atomic E-state index is 0.406. The zero-order chi connectivity index (χ0) is 13.7. The van der Waals surface area contributed by atoms with Crippen LogP contribution in [0.1, 0.15) is 29.4 Å². The van der Waals surface area contributed by atoms with E-state index in [1.54, 1.807) is 0 Å². The lowest BCUT2D eigenvalue weighted by molar-refractivity contribution is 0.282. The van der Waals surface area contributed by atoms with E-state index in [-0.39, 0.29) is 0 Å². The van der Waals surface area contributed by atoms with Crippen molar-refractivity contribution in [1.82, 2.24) is 10.2 Å². The molecule has 0 aliphatic rings. The van der Waals surface area contributed by atoms with Gasteiger partial charge >= 0.3 is 0 Å². The van der Waals surface area contributed by atoms with E-state index in [2.05, 4.69) is 79.1 Å². The SMILES string of the molecule is CC(NCC(c1ccccc1)N(C)C)c1cccs1. The molecule has 2 nitrogen and oxygen atoms in total. The smallest absolute Gasteiger partial charge is 0.0467 e. The second kappa shape index (κ2) is 6.85. The molecular formula is C16H22N2S. The maximum absolute atomic E-state index is 3.63. The zero-order valence-electron chi connectivity index (χ0n) is 11.8. The number of thiophene rings is 1. The van der Waals surface area contributed by atoms with E-state index in [1.807, 2.05) is 11.3 Å². The maximum atomic E-state index is 3.63. The van der Waals surface area contributed by atoms with Crippen molar-refractivity contribution in [1.29, 1.82) is 0 Å². The van der Waals surface area contributed by atoms with Crippen LogP contribution in [0.25, 0.3) is 0 Å². The van der Waals surface area contributed by atoms with Crippen molar-refractivity contribution < 1.29 is 0 Å². The fourth-order valence-corrected chi connectivity index (χ4v) is 2.96. The van der Waals surface area contributed by atoms with E-state index in [0.29, 0.717) is 12.1 Å². The van der Waals surface area contributed by atoms with Crippen molar-refractivity contribution in [2.24, 2.45) is 0 Å². The Morgan fingerprint density at radius 1 is 1.11 bits per heavy atom. The third-order valence-corrected chi connectivity index (χ3v) is 4.45. The lowest BCUT2D eigenvalue weighted by Gasteiger charge is -2.26. The lowest BCUT2D eigenvalue weighted by Crippen LogP contribution is -2.32. The first kappa shape index (κ1) is 14.3. The molecule has 0 fully saturated rings. The summed E-state index contributed by atoms with van der Waals surface area (Å²) in [6, 6.07) is 15.8. The molecule has 0 aliphatic heterocycles. The van der Waals surface area contributed by atoms with Crippen molar-refractivity contribution in [3.8, 4) is 0 Å². The molecule has 19 heavy (non-hydrogen) atoms. The first-order chi connectivity index (χ1) is 9.18. The van der Waals surface area contributed by atoms with Gasteiger partial charge in [-0.1, -0.05) is 36.4 Å². The Balaban J connectivity index is 1.98. The van der Waals surface area contributed by atoms with Crippen LogP contribution in [0.15, 0.2) is 47.8 Å². The molecule has 3 heteroatoms. The summed E-state index contributed by atoms with van der Waals surface area (Å²) >= 11 is 1.81. The second-order valence-electron chi connectivity index (χ2n) is 5.04. The highest BCUT2D eigenvalue weighted by atomic mass is 32.1. The number of benzene rings is 1. The Labute approximate surface area is 120 Å². The van der Waals surface area contributed by atoms with Crippen LogP contribution in [0.2, 0.25) is 0 Å². The summed E-state index contributed by atoms with van der Waals surface area (Å²) in [4.78, 5) is 3.66. The fraction of sp³-hybridized carbons (Fsp3) is 0.375. The Hall–Kier alpha value is -1.16. The Kier molecular flexibility index (Phi) is 5.14. The molecule has 1 aromatic carbocycles. The van der Waals surface area contributed by atoms with E-state index >= 15 is 0 Å². The van der Waals surface area contributed by atoms with E-state index in [1.165, 1.54) is 10.4 Å².